The number of nitrogens with zero attached hydrogens (tertiary/aromatic N) is 1. The molecule has 0 atom stereocenters. The number of benzene rings is 1. The Hall–Kier alpha value is -1.58. The molecule has 2 rings (SSSR count). The Morgan fingerprint density at radius 2 is 1.81 bits per heavy atom. The second kappa shape index (κ2) is 4.51. The number of alkyl halides is 1. The lowest BCUT2D eigenvalue weighted by Crippen LogP contribution is -2.34. The first-order valence-corrected chi connectivity index (χ1v) is 5.39. The van der Waals surface area contributed by atoms with E-state index in [4.69, 9.17) is 5.11 Å². The number of halogens is 1. The van der Waals surface area contributed by atoms with E-state index in [0.29, 0.717) is 25.9 Å². The van der Waals surface area contributed by atoms with Crippen molar-refractivity contribution in [2.75, 3.05) is 18.0 Å². The van der Waals surface area contributed by atoms with E-state index in [9.17, 15) is 9.18 Å². The molecule has 1 fully saturated rings. The van der Waals surface area contributed by atoms with Crippen molar-refractivity contribution in [1.82, 2.24) is 0 Å². The van der Waals surface area contributed by atoms with Gasteiger partial charge in [0.25, 0.3) is 0 Å². The quantitative estimate of drug-likeness (QED) is 0.836. The van der Waals surface area contributed by atoms with Crippen LogP contribution in [-0.4, -0.2) is 30.3 Å². The maximum absolute atomic E-state index is 12.9. The summed E-state index contributed by atoms with van der Waals surface area (Å²) in [5, 5.41) is 8.76. The van der Waals surface area contributed by atoms with Crippen LogP contribution in [-0.2, 0) is 0 Å². The molecule has 1 aromatic rings. The minimum Gasteiger partial charge on any atom is -0.478 e. The van der Waals surface area contributed by atoms with Gasteiger partial charge in [-0.05, 0) is 37.1 Å². The molecule has 1 saturated heterocycles. The summed E-state index contributed by atoms with van der Waals surface area (Å²) in [6, 6.07) is 6.72. The molecule has 1 aliphatic rings. The summed E-state index contributed by atoms with van der Waals surface area (Å²) < 4.78 is 12.9. The average Bonchev–Trinajstić information content (AvgIpc) is 2.30. The molecule has 0 radical (unpaired) electrons. The fraction of sp³-hybridized carbons (Fsp3) is 0.417. The molecular weight excluding hydrogens is 209 g/mol. The van der Waals surface area contributed by atoms with Gasteiger partial charge in [-0.15, -0.1) is 0 Å². The zero-order valence-electron chi connectivity index (χ0n) is 8.90. The SMILES string of the molecule is O=C(O)c1ccc(N2CCC(F)CC2)cc1. The summed E-state index contributed by atoms with van der Waals surface area (Å²) in [6.07, 6.45) is 0.427. The molecule has 1 aromatic carbocycles. The highest BCUT2D eigenvalue weighted by molar-refractivity contribution is 5.88. The Labute approximate surface area is 93.5 Å². The molecular formula is C12H14FNO2. The molecule has 0 aromatic heterocycles. The number of rotatable bonds is 2. The van der Waals surface area contributed by atoms with Gasteiger partial charge < -0.3 is 10.0 Å². The average molecular weight is 223 g/mol. The number of hydrogen-bond donors (Lipinski definition) is 1. The zero-order chi connectivity index (χ0) is 11.5. The van der Waals surface area contributed by atoms with E-state index in [-0.39, 0.29) is 5.56 Å². The Morgan fingerprint density at radius 3 is 2.31 bits per heavy atom. The van der Waals surface area contributed by atoms with Crippen LogP contribution in [0.2, 0.25) is 0 Å². The van der Waals surface area contributed by atoms with Crippen LogP contribution >= 0.6 is 0 Å². The van der Waals surface area contributed by atoms with Crippen molar-refractivity contribution in [1.29, 1.82) is 0 Å². The molecule has 1 aliphatic heterocycles. The van der Waals surface area contributed by atoms with E-state index in [2.05, 4.69) is 4.90 Å². The third kappa shape index (κ3) is 2.32. The van der Waals surface area contributed by atoms with Crippen LogP contribution in [0.1, 0.15) is 23.2 Å². The predicted molar refractivity (Wildman–Crippen MR) is 59.7 cm³/mol. The number of anilines is 1. The van der Waals surface area contributed by atoms with Crippen molar-refractivity contribution in [2.45, 2.75) is 19.0 Å². The van der Waals surface area contributed by atoms with Crippen molar-refractivity contribution < 1.29 is 14.3 Å². The van der Waals surface area contributed by atoms with E-state index in [0.717, 1.165) is 5.69 Å². The van der Waals surface area contributed by atoms with Gasteiger partial charge in [-0.1, -0.05) is 0 Å². The van der Waals surface area contributed by atoms with E-state index in [1.807, 2.05) is 0 Å². The standard InChI is InChI=1S/C12H14FNO2/c13-10-5-7-14(8-6-10)11-3-1-9(2-4-11)12(15)16/h1-4,10H,5-8H2,(H,15,16). The van der Waals surface area contributed by atoms with Gasteiger partial charge in [0.05, 0.1) is 5.56 Å². The lowest BCUT2D eigenvalue weighted by atomic mass is 10.1. The minimum absolute atomic E-state index is 0.282. The van der Waals surface area contributed by atoms with Crippen molar-refractivity contribution in [3.05, 3.63) is 29.8 Å². The van der Waals surface area contributed by atoms with Crippen LogP contribution in [0.3, 0.4) is 0 Å². The first-order valence-electron chi connectivity index (χ1n) is 5.39. The maximum Gasteiger partial charge on any atom is 0.335 e. The van der Waals surface area contributed by atoms with E-state index in [1.54, 1.807) is 24.3 Å². The molecule has 1 N–H and O–H groups in total. The molecule has 0 amide bonds. The lowest BCUT2D eigenvalue weighted by molar-refractivity contribution is 0.0697. The summed E-state index contributed by atoms with van der Waals surface area (Å²) in [4.78, 5) is 12.8. The molecule has 0 spiro atoms. The van der Waals surface area contributed by atoms with E-state index >= 15 is 0 Å². The number of piperidine rings is 1. The second-order valence-corrected chi connectivity index (χ2v) is 4.01. The molecule has 86 valence electrons. The third-order valence-electron chi connectivity index (χ3n) is 2.90. The fourth-order valence-electron chi connectivity index (χ4n) is 1.92. The van der Waals surface area contributed by atoms with Gasteiger partial charge in [-0.2, -0.15) is 0 Å². The van der Waals surface area contributed by atoms with Gasteiger partial charge in [-0.3, -0.25) is 0 Å². The highest BCUT2D eigenvalue weighted by Gasteiger charge is 2.18. The molecule has 0 unspecified atom stereocenters. The summed E-state index contributed by atoms with van der Waals surface area (Å²) in [7, 11) is 0. The molecule has 0 aliphatic carbocycles. The summed E-state index contributed by atoms with van der Waals surface area (Å²) in [6.45, 7) is 1.40. The number of carboxylic acid groups (broad SMARTS) is 1. The number of carbonyl (C=O) groups is 1. The maximum atomic E-state index is 12.9. The van der Waals surface area contributed by atoms with Gasteiger partial charge in [-0.25, -0.2) is 9.18 Å². The third-order valence-corrected chi connectivity index (χ3v) is 2.90. The van der Waals surface area contributed by atoms with Crippen LogP contribution < -0.4 is 4.90 Å². The normalized spacial score (nSPS) is 17.4. The molecule has 0 saturated carbocycles. The predicted octanol–water partition coefficient (Wildman–Crippen LogP) is 2.32. The zero-order valence-corrected chi connectivity index (χ0v) is 8.90. The molecule has 4 heteroatoms. The monoisotopic (exact) mass is 223 g/mol. The molecule has 1 heterocycles. The van der Waals surface area contributed by atoms with Crippen molar-refractivity contribution in [3.8, 4) is 0 Å². The van der Waals surface area contributed by atoms with Crippen LogP contribution in [0, 0.1) is 0 Å². The van der Waals surface area contributed by atoms with Crippen molar-refractivity contribution in [3.63, 3.8) is 0 Å². The fourth-order valence-corrected chi connectivity index (χ4v) is 1.92. The van der Waals surface area contributed by atoms with Crippen molar-refractivity contribution >= 4 is 11.7 Å². The number of carboxylic acids is 1. The van der Waals surface area contributed by atoms with Gasteiger partial charge in [0.1, 0.15) is 6.17 Å². The van der Waals surface area contributed by atoms with Crippen molar-refractivity contribution in [2.24, 2.45) is 0 Å². The molecule has 16 heavy (non-hydrogen) atoms. The summed E-state index contributed by atoms with van der Waals surface area (Å²) in [5.41, 5.74) is 1.25. The van der Waals surface area contributed by atoms with Crippen LogP contribution in [0.5, 0.6) is 0 Å². The van der Waals surface area contributed by atoms with Gasteiger partial charge >= 0.3 is 5.97 Å². The topological polar surface area (TPSA) is 40.5 Å². The summed E-state index contributed by atoms with van der Waals surface area (Å²) in [5.74, 6) is -0.922. The highest BCUT2D eigenvalue weighted by Crippen LogP contribution is 2.21. The highest BCUT2D eigenvalue weighted by atomic mass is 19.1. The van der Waals surface area contributed by atoms with Gasteiger partial charge in [0.2, 0.25) is 0 Å². The Balaban J connectivity index is 2.07. The Bertz CT molecular complexity index is 369. The Morgan fingerprint density at radius 1 is 1.25 bits per heavy atom. The van der Waals surface area contributed by atoms with Crippen LogP contribution in [0.4, 0.5) is 10.1 Å². The summed E-state index contributed by atoms with van der Waals surface area (Å²) >= 11 is 0. The van der Waals surface area contributed by atoms with E-state index in [1.165, 1.54) is 0 Å². The van der Waals surface area contributed by atoms with E-state index < -0.39 is 12.1 Å². The second-order valence-electron chi connectivity index (χ2n) is 4.01. The lowest BCUT2D eigenvalue weighted by Gasteiger charge is -2.30. The molecule has 0 bridgehead atoms. The first-order chi connectivity index (χ1) is 7.66. The smallest absolute Gasteiger partial charge is 0.335 e. The van der Waals surface area contributed by atoms with Gasteiger partial charge in [0.15, 0.2) is 0 Å². The van der Waals surface area contributed by atoms with Crippen LogP contribution in [0.25, 0.3) is 0 Å². The van der Waals surface area contributed by atoms with Crippen LogP contribution in [0.15, 0.2) is 24.3 Å². The van der Waals surface area contributed by atoms with Gasteiger partial charge in [0, 0.05) is 18.8 Å². The Kier molecular flexibility index (Phi) is 3.08. The molecule has 3 nitrogen and oxygen atoms in total. The first kappa shape index (κ1) is 10.9. The minimum atomic E-state index is -0.922. The largest absolute Gasteiger partial charge is 0.478 e. The number of hydrogen-bond acceptors (Lipinski definition) is 2. The number of aromatic carboxylic acids is 1.